The molecule has 2 aliphatic rings. The Hall–Kier alpha value is -3.35. The first-order valence-electron chi connectivity index (χ1n) is 12.5. The maximum Gasteiger partial charge on any atom is 0.407 e. The van der Waals surface area contributed by atoms with Gasteiger partial charge in [-0.05, 0) is 54.4 Å². The van der Waals surface area contributed by atoms with E-state index in [0.29, 0.717) is 19.4 Å². The van der Waals surface area contributed by atoms with Gasteiger partial charge in [0.25, 0.3) is 0 Å². The Kier molecular flexibility index (Phi) is 7.73. The molecule has 0 heterocycles. The summed E-state index contributed by atoms with van der Waals surface area (Å²) in [5.74, 6) is -1.45. The van der Waals surface area contributed by atoms with E-state index in [1.807, 2.05) is 38.1 Å². The number of benzene rings is 2. The van der Waals surface area contributed by atoms with Crippen molar-refractivity contribution in [3.8, 4) is 11.1 Å². The van der Waals surface area contributed by atoms with Gasteiger partial charge in [-0.2, -0.15) is 0 Å². The fourth-order valence-electron chi connectivity index (χ4n) is 5.50. The molecular weight excluding hydrogens is 444 g/mol. The van der Waals surface area contributed by atoms with Crippen LogP contribution >= 0.6 is 0 Å². The summed E-state index contributed by atoms with van der Waals surface area (Å²) in [6.07, 6.45) is 2.61. The predicted molar refractivity (Wildman–Crippen MR) is 133 cm³/mol. The molecule has 0 radical (unpaired) electrons. The van der Waals surface area contributed by atoms with Crippen molar-refractivity contribution < 1.29 is 24.2 Å². The average molecular weight is 479 g/mol. The molecule has 4 rings (SSSR count). The highest BCUT2D eigenvalue weighted by Gasteiger charge is 2.37. The van der Waals surface area contributed by atoms with Crippen LogP contribution in [0.2, 0.25) is 0 Å². The summed E-state index contributed by atoms with van der Waals surface area (Å²) in [6.45, 7) is 4.11. The lowest BCUT2D eigenvalue weighted by molar-refractivity contribution is -0.148. The van der Waals surface area contributed by atoms with Crippen molar-refractivity contribution >= 4 is 18.0 Å². The van der Waals surface area contributed by atoms with Crippen molar-refractivity contribution in [3.63, 3.8) is 0 Å². The molecular formula is C28H34N2O5. The third-order valence-corrected chi connectivity index (χ3v) is 7.54. The molecule has 7 heteroatoms. The predicted octanol–water partition coefficient (Wildman–Crippen LogP) is 4.65. The Morgan fingerprint density at radius 2 is 1.69 bits per heavy atom. The van der Waals surface area contributed by atoms with E-state index < -0.39 is 12.1 Å². The summed E-state index contributed by atoms with van der Waals surface area (Å²) in [6, 6.07) is 16.2. The first kappa shape index (κ1) is 24.8. The van der Waals surface area contributed by atoms with Crippen molar-refractivity contribution in [2.75, 3.05) is 19.7 Å². The van der Waals surface area contributed by atoms with E-state index in [-0.39, 0.29) is 42.9 Å². The molecule has 2 N–H and O–H groups in total. The molecule has 2 aromatic rings. The zero-order chi connectivity index (χ0) is 24.9. The van der Waals surface area contributed by atoms with Gasteiger partial charge in [-0.15, -0.1) is 0 Å². The summed E-state index contributed by atoms with van der Waals surface area (Å²) in [7, 11) is 0. The summed E-state index contributed by atoms with van der Waals surface area (Å²) in [5, 5.41) is 12.1. The van der Waals surface area contributed by atoms with Gasteiger partial charge in [0.05, 0.1) is 0 Å². The average Bonchev–Trinajstić information content (AvgIpc) is 3.46. The number of alkyl carbamates (subject to hydrolysis) is 1. The van der Waals surface area contributed by atoms with Gasteiger partial charge in [0.1, 0.15) is 13.2 Å². The Labute approximate surface area is 206 Å². The number of ether oxygens (including phenoxy) is 1. The number of carboxylic acid groups (broad SMARTS) is 1. The van der Waals surface area contributed by atoms with Crippen LogP contribution in [0, 0.1) is 11.8 Å². The van der Waals surface area contributed by atoms with Crippen molar-refractivity contribution in [1.29, 1.82) is 0 Å². The fraction of sp³-hybridized carbons (Fsp3) is 0.464. The summed E-state index contributed by atoms with van der Waals surface area (Å²) in [4.78, 5) is 38.6. The second kappa shape index (κ2) is 10.9. The highest BCUT2D eigenvalue weighted by Crippen LogP contribution is 2.44. The standard InChI is InChI=1S/C28H34N2O5/c1-3-18(2)30(16-26(31)32)27(33)20-14-8-9-19(20)15-29-28(34)35-17-25-23-12-6-4-10-21(23)22-11-5-7-13-24(22)25/h4-7,10-13,18-20,25H,3,8-9,14-17H2,1-2H3,(H,29,34)(H,31,32)/t18?,19-,20-/m0/s1. The number of carbonyl (C=O) groups excluding carboxylic acids is 2. The number of hydrogen-bond acceptors (Lipinski definition) is 4. The number of carbonyl (C=O) groups is 3. The first-order chi connectivity index (χ1) is 16.9. The smallest absolute Gasteiger partial charge is 0.407 e. The lowest BCUT2D eigenvalue weighted by atomic mass is 9.93. The Morgan fingerprint density at radius 3 is 2.29 bits per heavy atom. The van der Waals surface area contributed by atoms with E-state index >= 15 is 0 Å². The Bertz CT molecular complexity index is 1040. The monoisotopic (exact) mass is 478 g/mol. The Balaban J connectivity index is 1.34. The molecule has 2 amide bonds. The van der Waals surface area contributed by atoms with Crippen molar-refractivity contribution in [2.45, 2.75) is 51.5 Å². The molecule has 0 bridgehead atoms. The third kappa shape index (κ3) is 5.34. The summed E-state index contributed by atoms with van der Waals surface area (Å²) in [5.41, 5.74) is 4.67. The molecule has 7 nitrogen and oxygen atoms in total. The largest absolute Gasteiger partial charge is 0.480 e. The van der Waals surface area contributed by atoms with Gasteiger partial charge < -0.3 is 20.1 Å². The molecule has 3 atom stereocenters. The van der Waals surface area contributed by atoms with Crippen LogP contribution in [0.15, 0.2) is 48.5 Å². The first-order valence-corrected chi connectivity index (χ1v) is 12.5. The van der Waals surface area contributed by atoms with Gasteiger partial charge in [0.15, 0.2) is 0 Å². The van der Waals surface area contributed by atoms with Crippen LogP contribution in [0.5, 0.6) is 0 Å². The Morgan fingerprint density at radius 1 is 1.06 bits per heavy atom. The van der Waals surface area contributed by atoms with Crippen LogP contribution in [0.3, 0.4) is 0 Å². The fourth-order valence-corrected chi connectivity index (χ4v) is 5.50. The zero-order valence-electron chi connectivity index (χ0n) is 20.4. The molecule has 0 spiro atoms. The molecule has 1 unspecified atom stereocenters. The minimum absolute atomic E-state index is 0.00550. The van der Waals surface area contributed by atoms with E-state index in [1.165, 1.54) is 16.0 Å². The van der Waals surface area contributed by atoms with Crippen LogP contribution in [0.25, 0.3) is 11.1 Å². The number of aliphatic carboxylic acids is 1. The van der Waals surface area contributed by atoms with Crippen LogP contribution in [0.1, 0.15) is 56.6 Å². The number of fused-ring (bicyclic) bond motifs is 3. The number of hydrogen-bond donors (Lipinski definition) is 2. The van der Waals surface area contributed by atoms with Gasteiger partial charge >= 0.3 is 12.1 Å². The van der Waals surface area contributed by atoms with Gasteiger partial charge in [0, 0.05) is 24.4 Å². The molecule has 2 aliphatic carbocycles. The molecule has 0 aromatic heterocycles. The third-order valence-electron chi connectivity index (χ3n) is 7.54. The van der Waals surface area contributed by atoms with Crippen LogP contribution in [0.4, 0.5) is 4.79 Å². The molecule has 2 aromatic carbocycles. The summed E-state index contributed by atoms with van der Waals surface area (Å²) < 4.78 is 5.63. The van der Waals surface area contributed by atoms with E-state index in [4.69, 9.17) is 4.74 Å². The normalized spacial score (nSPS) is 19.5. The SMILES string of the molecule is CCC(C)N(CC(=O)O)C(=O)[C@H]1CCC[C@H]1CNC(=O)OCC1c2ccccc2-c2ccccc21. The van der Waals surface area contributed by atoms with Gasteiger partial charge in [-0.1, -0.05) is 61.9 Å². The van der Waals surface area contributed by atoms with E-state index in [2.05, 4.69) is 29.6 Å². The van der Waals surface area contributed by atoms with Crippen molar-refractivity contribution in [3.05, 3.63) is 59.7 Å². The zero-order valence-corrected chi connectivity index (χ0v) is 20.4. The van der Waals surface area contributed by atoms with Gasteiger partial charge in [-0.25, -0.2) is 4.79 Å². The molecule has 0 aliphatic heterocycles. The number of amides is 2. The molecule has 0 saturated heterocycles. The molecule has 1 saturated carbocycles. The minimum atomic E-state index is -1.01. The second-order valence-electron chi connectivity index (χ2n) is 9.62. The molecule has 35 heavy (non-hydrogen) atoms. The van der Waals surface area contributed by atoms with Crippen LogP contribution in [-0.4, -0.2) is 53.7 Å². The maximum atomic E-state index is 13.2. The number of rotatable bonds is 9. The van der Waals surface area contributed by atoms with E-state index in [1.54, 1.807) is 0 Å². The van der Waals surface area contributed by atoms with Gasteiger partial charge in [0.2, 0.25) is 5.91 Å². The minimum Gasteiger partial charge on any atom is -0.480 e. The maximum absolute atomic E-state index is 13.2. The second-order valence-corrected chi connectivity index (χ2v) is 9.62. The van der Waals surface area contributed by atoms with Gasteiger partial charge in [-0.3, -0.25) is 9.59 Å². The lowest BCUT2D eigenvalue weighted by Gasteiger charge is -2.31. The summed E-state index contributed by atoms with van der Waals surface area (Å²) >= 11 is 0. The van der Waals surface area contributed by atoms with Crippen molar-refractivity contribution in [2.24, 2.45) is 11.8 Å². The van der Waals surface area contributed by atoms with Crippen LogP contribution in [-0.2, 0) is 14.3 Å². The van der Waals surface area contributed by atoms with E-state index in [9.17, 15) is 19.5 Å². The number of nitrogens with zero attached hydrogens (tertiary/aromatic N) is 1. The van der Waals surface area contributed by atoms with Crippen LogP contribution < -0.4 is 5.32 Å². The lowest BCUT2D eigenvalue weighted by Crippen LogP contribution is -2.46. The quantitative estimate of drug-likeness (QED) is 0.547. The molecule has 186 valence electrons. The number of carboxylic acids is 1. The topological polar surface area (TPSA) is 95.9 Å². The van der Waals surface area contributed by atoms with E-state index in [0.717, 1.165) is 24.0 Å². The highest BCUT2D eigenvalue weighted by atomic mass is 16.5. The highest BCUT2D eigenvalue weighted by molar-refractivity contribution is 5.84. The molecule has 1 fully saturated rings. The number of nitrogens with one attached hydrogen (secondary N) is 1. The van der Waals surface area contributed by atoms with Crippen molar-refractivity contribution in [1.82, 2.24) is 10.2 Å².